The van der Waals surface area contributed by atoms with Gasteiger partial charge in [0.25, 0.3) is 0 Å². The minimum atomic E-state index is -2.70. The summed E-state index contributed by atoms with van der Waals surface area (Å²) in [4.78, 5) is 8.00. The molecule has 0 aromatic rings. The monoisotopic (exact) mass is 181 g/mol. The zero-order valence-corrected chi connectivity index (χ0v) is 6.10. The first-order chi connectivity index (χ1) is 2.94. The van der Waals surface area contributed by atoms with Gasteiger partial charge in [0.2, 0.25) is 0 Å². The molecule has 1 atom stereocenters. The van der Waals surface area contributed by atoms with Crippen LogP contribution in [0.3, 0.4) is 0 Å². The zero-order valence-electron chi connectivity index (χ0n) is 2.94. The SMILES string of the molecule is O=[P+](O)C(Cl)(Cl)Cl. The van der Waals surface area contributed by atoms with Gasteiger partial charge in [-0.1, -0.05) is 0 Å². The molecular formula is CHCl3O2P+. The van der Waals surface area contributed by atoms with Crippen molar-refractivity contribution in [2.24, 2.45) is 0 Å². The molecule has 7 heavy (non-hydrogen) atoms. The zero-order chi connectivity index (χ0) is 6.08. The Hall–Kier alpha value is 0.930. The molecule has 0 aliphatic heterocycles. The molecule has 0 aliphatic carbocycles. The smallest absolute Gasteiger partial charge is 0.157 e. The Labute approximate surface area is 56.2 Å². The van der Waals surface area contributed by atoms with Gasteiger partial charge in [-0.05, 0) is 39.4 Å². The van der Waals surface area contributed by atoms with Crippen molar-refractivity contribution in [2.45, 2.75) is 3.53 Å². The maximum absolute atomic E-state index is 9.77. The van der Waals surface area contributed by atoms with E-state index in [9.17, 15) is 4.57 Å². The van der Waals surface area contributed by atoms with Crippen molar-refractivity contribution in [1.29, 1.82) is 0 Å². The van der Waals surface area contributed by atoms with Gasteiger partial charge in [0.05, 0.1) is 0 Å². The molecule has 0 fully saturated rings. The van der Waals surface area contributed by atoms with E-state index in [2.05, 4.69) is 0 Å². The van der Waals surface area contributed by atoms with Crippen molar-refractivity contribution in [3.63, 3.8) is 0 Å². The summed E-state index contributed by atoms with van der Waals surface area (Å²) in [6, 6.07) is 0. The quantitative estimate of drug-likeness (QED) is 0.460. The minimum Gasteiger partial charge on any atom is -0.157 e. The molecule has 0 heterocycles. The van der Waals surface area contributed by atoms with Gasteiger partial charge in [0.15, 0.2) is 0 Å². The topological polar surface area (TPSA) is 37.3 Å². The molecule has 0 aromatic heterocycles. The van der Waals surface area contributed by atoms with Gasteiger partial charge in [-0.25, -0.2) is 0 Å². The Morgan fingerprint density at radius 3 is 1.57 bits per heavy atom. The number of rotatable bonds is 0. The van der Waals surface area contributed by atoms with Crippen LogP contribution in [0.4, 0.5) is 0 Å². The second kappa shape index (κ2) is 2.47. The highest BCUT2D eigenvalue weighted by atomic mass is 35.6. The van der Waals surface area contributed by atoms with Crippen LogP contribution in [-0.2, 0) is 4.57 Å². The van der Waals surface area contributed by atoms with Crippen molar-refractivity contribution < 1.29 is 9.46 Å². The summed E-state index contributed by atoms with van der Waals surface area (Å²) in [5, 5.41) is 0. The van der Waals surface area contributed by atoms with Crippen LogP contribution >= 0.6 is 42.8 Å². The normalized spacial score (nSPS) is 14.0. The molecule has 1 unspecified atom stereocenters. The third-order valence-electron chi connectivity index (χ3n) is 0.217. The van der Waals surface area contributed by atoms with E-state index >= 15 is 0 Å². The van der Waals surface area contributed by atoms with Gasteiger partial charge in [-0.15, -0.1) is 0 Å². The maximum atomic E-state index is 9.77. The molecular weight excluding hydrogens is 181 g/mol. The van der Waals surface area contributed by atoms with Crippen LogP contribution in [-0.4, -0.2) is 8.43 Å². The molecule has 42 valence electrons. The van der Waals surface area contributed by atoms with Crippen molar-refractivity contribution in [3.05, 3.63) is 0 Å². The number of halogens is 3. The molecule has 0 rings (SSSR count). The van der Waals surface area contributed by atoms with Crippen molar-refractivity contribution in [2.75, 3.05) is 0 Å². The molecule has 0 aromatic carbocycles. The Balaban J connectivity index is 3.79. The predicted octanol–water partition coefficient (Wildman–Crippen LogP) is 2.05. The van der Waals surface area contributed by atoms with Crippen LogP contribution in [0.5, 0.6) is 0 Å². The third kappa shape index (κ3) is 3.51. The molecule has 0 spiro atoms. The third-order valence-corrected chi connectivity index (χ3v) is 1.95. The lowest BCUT2D eigenvalue weighted by Gasteiger charge is -1.86. The molecule has 0 bridgehead atoms. The van der Waals surface area contributed by atoms with E-state index in [1.807, 2.05) is 0 Å². The first kappa shape index (κ1) is 7.93. The molecule has 6 heteroatoms. The first-order valence-electron chi connectivity index (χ1n) is 1.17. The fourth-order valence-electron chi connectivity index (χ4n) is 0. The lowest BCUT2D eigenvalue weighted by Crippen LogP contribution is -1.90. The molecule has 0 amide bonds. The summed E-state index contributed by atoms with van der Waals surface area (Å²) < 4.78 is 7.75. The van der Waals surface area contributed by atoms with Crippen LogP contribution in [0, 0.1) is 0 Å². The molecule has 1 N–H and O–H groups in total. The largest absolute Gasteiger partial charge is 0.563 e. The lowest BCUT2D eigenvalue weighted by molar-refractivity contribution is 0.503. The Kier molecular flexibility index (Phi) is 2.80. The Bertz CT molecular complexity index is 85.4. The first-order valence-corrected chi connectivity index (χ1v) is 3.52. The van der Waals surface area contributed by atoms with Crippen LogP contribution in [0.15, 0.2) is 0 Å². The summed E-state index contributed by atoms with van der Waals surface area (Å²) >= 11 is 14.6. The second-order valence-electron chi connectivity index (χ2n) is 0.741. The van der Waals surface area contributed by atoms with E-state index in [0.29, 0.717) is 0 Å². The standard InChI is InChI=1S/CCl3O2P/c2-1(3,4)7(5)6/p+1. The van der Waals surface area contributed by atoms with Crippen LogP contribution in [0.25, 0.3) is 0 Å². The maximum Gasteiger partial charge on any atom is 0.563 e. The highest BCUT2D eigenvalue weighted by Gasteiger charge is 2.43. The summed E-state index contributed by atoms with van der Waals surface area (Å²) in [7, 11) is -2.70. The van der Waals surface area contributed by atoms with Crippen molar-refractivity contribution in [3.8, 4) is 0 Å². The number of alkyl halides is 3. The van der Waals surface area contributed by atoms with Gasteiger partial charge in [0, 0.05) is 0 Å². The average molecular weight is 182 g/mol. The molecule has 0 aliphatic rings. The molecule has 2 nitrogen and oxygen atoms in total. The van der Waals surface area contributed by atoms with Crippen LogP contribution < -0.4 is 0 Å². The van der Waals surface area contributed by atoms with E-state index < -0.39 is 11.6 Å². The molecule has 0 saturated carbocycles. The highest BCUT2D eigenvalue weighted by molar-refractivity contribution is 7.49. The van der Waals surface area contributed by atoms with Gasteiger partial charge < -0.3 is 0 Å². The molecule has 0 radical (unpaired) electrons. The van der Waals surface area contributed by atoms with E-state index in [4.69, 9.17) is 39.7 Å². The minimum absolute atomic E-state index is 2.02. The van der Waals surface area contributed by atoms with E-state index in [1.54, 1.807) is 0 Å². The Morgan fingerprint density at radius 1 is 1.43 bits per heavy atom. The average Bonchev–Trinajstić information content (AvgIpc) is 1.31. The van der Waals surface area contributed by atoms with Crippen molar-refractivity contribution in [1.82, 2.24) is 0 Å². The predicted molar refractivity (Wildman–Crippen MR) is 30.1 cm³/mol. The van der Waals surface area contributed by atoms with Crippen molar-refractivity contribution >= 4 is 42.8 Å². The van der Waals surface area contributed by atoms with Gasteiger partial charge >= 0.3 is 11.6 Å². The Morgan fingerprint density at radius 2 is 1.57 bits per heavy atom. The van der Waals surface area contributed by atoms with Gasteiger partial charge in [0.1, 0.15) is 0 Å². The lowest BCUT2D eigenvalue weighted by atomic mass is 11.8. The fourth-order valence-corrected chi connectivity index (χ4v) is 0. The van der Waals surface area contributed by atoms with Gasteiger partial charge in [-0.3, -0.25) is 0 Å². The van der Waals surface area contributed by atoms with E-state index in [0.717, 1.165) is 0 Å². The summed E-state index contributed by atoms with van der Waals surface area (Å²) in [6.45, 7) is 0. The van der Waals surface area contributed by atoms with Crippen LogP contribution in [0.1, 0.15) is 0 Å². The van der Waals surface area contributed by atoms with E-state index in [-0.39, 0.29) is 0 Å². The number of hydrogen-bond donors (Lipinski definition) is 1. The van der Waals surface area contributed by atoms with E-state index in [1.165, 1.54) is 0 Å². The summed E-state index contributed by atoms with van der Waals surface area (Å²) in [5.74, 6) is 0. The summed E-state index contributed by atoms with van der Waals surface area (Å²) in [5.41, 5.74) is 0. The fraction of sp³-hybridized carbons (Fsp3) is 1.00. The van der Waals surface area contributed by atoms with Gasteiger partial charge in [-0.2, -0.15) is 4.89 Å². The molecule has 0 saturated heterocycles. The second-order valence-corrected chi connectivity index (χ2v) is 5.03. The summed E-state index contributed by atoms with van der Waals surface area (Å²) in [6.07, 6.45) is 0. The number of hydrogen-bond acceptors (Lipinski definition) is 1. The highest BCUT2D eigenvalue weighted by Crippen LogP contribution is 2.46. The van der Waals surface area contributed by atoms with Crippen LogP contribution in [0.2, 0.25) is 0 Å².